The number of rotatable bonds is 4. The number of hydrogen-bond acceptors (Lipinski definition) is 4. The van der Waals surface area contributed by atoms with Crippen LogP contribution in [0.2, 0.25) is 5.02 Å². The number of sulfone groups is 1. The van der Waals surface area contributed by atoms with Crippen LogP contribution in [0.5, 0.6) is 0 Å². The van der Waals surface area contributed by atoms with Gasteiger partial charge in [0.1, 0.15) is 0 Å². The van der Waals surface area contributed by atoms with E-state index >= 15 is 0 Å². The van der Waals surface area contributed by atoms with Gasteiger partial charge in [-0.1, -0.05) is 11.6 Å². The molecule has 104 valence electrons. The van der Waals surface area contributed by atoms with E-state index in [9.17, 15) is 13.2 Å². The van der Waals surface area contributed by atoms with E-state index in [0.29, 0.717) is 5.56 Å². The van der Waals surface area contributed by atoms with Crippen LogP contribution in [0.1, 0.15) is 15.9 Å². The van der Waals surface area contributed by atoms with Crippen molar-refractivity contribution in [1.29, 1.82) is 0 Å². The number of aromatic nitrogens is 1. The van der Waals surface area contributed by atoms with Gasteiger partial charge in [0.25, 0.3) is 0 Å². The molecule has 0 saturated carbocycles. The second kappa shape index (κ2) is 5.60. The van der Waals surface area contributed by atoms with E-state index < -0.39 is 15.8 Å². The maximum atomic E-state index is 12.2. The number of hydrogen-bond donors (Lipinski definition) is 1. The summed E-state index contributed by atoms with van der Waals surface area (Å²) in [5.41, 5.74) is 0.466. The van der Waals surface area contributed by atoms with E-state index in [-0.39, 0.29) is 21.2 Å². The highest BCUT2D eigenvalue weighted by Crippen LogP contribution is 2.23. The smallest absolute Gasteiger partial charge is 0.337 e. The Morgan fingerprint density at radius 2 is 1.85 bits per heavy atom. The highest BCUT2D eigenvalue weighted by molar-refractivity contribution is 7.90. The van der Waals surface area contributed by atoms with Crippen molar-refractivity contribution in [2.24, 2.45) is 0 Å². The normalized spacial score (nSPS) is 11.2. The molecule has 0 aliphatic heterocycles. The zero-order chi connectivity index (χ0) is 14.8. The van der Waals surface area contributed by atoms with Gasteiger partial charge in [-0.05, 0) is 35.9 Å². The molecule has 0 aliphatic carbocycles. The number of benzene rings is 1. The monoisotopic (exact) mass is 311 g/mol. The SMILES string of the molecule is O=C(O)c1ccc(S(=O)(=O)Cc2ccncc2)cc1Cl. The van der Waals surface area contributed by atoms with Gasteiger partial charge in [-0.3, -0.25) is 4.98 Å². The minimum Gasteiger partial charge on any atom is -0.478 e. The van der Waals surface area contributed by atoms with Crippen molar-refractivity contribution >= 4 is 27.4 Å². The lowest BCUT2D eigenvalue weighted by atomic mass is 10.2. The molecule has 1 N–H and O–H groups in total. The molecule has 20 heavy (non-hydrogen) atoms. The lowest BCUT2D eigenvalue weighted by Crippen LogP contribution is -2.06. The van der Waals surface area contributed by atoms with Crippen LogP contribution in [0.25, 0.3) is 0 Å². The van der Waals surface area contributed by atoms with Crippen molar-refractivity contribution in [2.45, 2.75) is 10.6 Å². The quantitative estimate of drug-likeness (QED) is 0.937. The average Bonchev–Trinajstić information content (AvgIpc) is 2.38. The van der Waals surface area contributed by atoms with Gasteiger partial charge in [0.15, 0.2) is 9.84 Å². The zero-order valence-electron chi connectivity index (χ0n) is 10.2. The molecular formula is C13H10ClNO4S. The molecule has 0 unspecified atom stereocenters. The first-order valence-electron chi connectivity index (χ1n) is 5.54. The fourth-order valence-corrected chi connectivity index (χ4v) is 3.34. The molecule has 0 saturated heterocycles. The highest BCUT2D eigenvalue weighted by atomic mass is 35.5. The van der Waals surface area contributed by atoms with Gasteiger partial charge < -0.3 is 5.11 Å². The van der Waals surface area contributed by atoms with Gasteiger partial charge in [0.05, 0.1) is 21.2 Å². The van der Waals surface area contributed by atoms with Crippen LogP contribution in [0.4, 0.5) is 0 Å². The predicted molar refractivity (Wildman–Crippen MR) is 73.5 cm³/mol. The van der Waals surface area contributed by atoms with Crippen molar-refractivity contribution in [3.05, 3.63) is 58.9 Å². The third-order valence-corrected chi connectivity index (χ3v) is 4.63. The summed E-state index contributed by atoms with van der Waals surface area (Å²) in [5, 5.41) is 8.75. The molecule has 0 aliphatic rings. The van der Waals surface area contributed by atoms with Crippen LogP contribution < -0.4 is 0 Å². The maximum Gasteiger partial charge on any atom is 0.337 e. The van der Waals surface area contributed by atoms with E-state index in [0.717, 1.165) is 6.07 Å². The number of carboxylic acid groups (broad SMARTS) is 1. The molecular weight excluding hydrogens is 302 g/mol. The van der Waals surface area contributed by atoms with E-state index in [4.69, 9.17) is 16.7 Å². The lowest BCUT2D eigenvalue weighted by molar-refractivity contribution is 0.0697. The second-order valence-electron chi connectivity index (χ2n) is 4.06. The highest BCUT2D eigenvalue weighted by Gasteiger charge is 2.18. The van der Waals surface area contributed by atoms with E-state index in [1.54, 1.807) is 12.1 Å². The fraction of sp³-hybridized carbons (Fsp3) is 0.0769. The number of carboxylic acids is 1. The third kappa shape index (κ3) is 3.15. The maximum absolute atomic E-state index is 12.2. The van der Waals surface area contributed by atoms with Crippen LogP contribution in [0, 0.1) is 0 Å². The van der Waals surface area contributed by atoms with Gasteiger partial charge in [-0.25, -0.2) is 13.2 Å². The number of carbonyl (C=O) groups is 1. The van der Waals surface area contributed by atoms with Crippen molar-refractivity contribution in [3.63, 3.8) is 0 Å². The van der Waals surface area contributed by atoms with E-state index in [1.807, 2.05) is 0 Å². The number of aromatic carboxylic acids is 1. The van der Waals surface area contributed by atoms with Crippen LogP contribution in [0.3, 0.4) is 0 Å². The summed E-state index contributed by atoms with van der Waals surface area (Å²) in [6, 6.07) is 6.78. The minimum atomic E-state index is -3.58. The fourth-order valence-electron chi connectivity index (χ4n) is 1.64. The Labute approximate surface area is 120 Å². The summed E-state index contributed by atoms with van der Waals surface area (Å²) in [7, 11) is -3.58. The predicted octanol–water partition coefficient (Wildman–Crippen LogP) is 2.41. The van der Waals surface area contributed by atoms with Crippen LogP contribution in [-0.2, 0) is 15.6 Å². The Morgan fingerprint density at radius 1 is 1.20 bits per heavy atom. The van der Waals surface area contributed by atoms with E-state index in [1.165, 1.54) is 24.5 Å². The summed E-state index contributed by atoms with van der Waals surface area (Å²) < 4.78 is 24.4. The van der Waals surface area contributed by atoms with Gasteiger partial charge >= 0.3 is 5.97 Å². The lowest BCUT2D eigenvalue weighted by Gasteiger charge is -2.06. The number of halogens is 1. The molecule has 0 radical (unpaired) electrons. The topological polar surface area (TPSA) is 84.3 Å². The Bertz CT molecular complexity index is 744. The first-order valence-corrected chi connectivity index (χ1v) is 7.58. The summed E-state index contributed by atoms with van der Waals surface area (Å²) >= 11 is 5.78. The minimum absolute atomic E-state index is 0.00990. The molecule has 1 aromatic carbocycles. The van der Waals surface area contributed by atoms with Crippen LogP contribution in [0.15, 0.2) is 47.6 Å². The molecule has 2 rings (SSSR count). The van der Waals surface area contributed by atoms with Gasteiger partial charge in [-0.15, -0.1) is 0 Å². The van der Waals surface area contributed by atoms with Crippen molar-refractivity contribution in [3.8, 4) is 0 Å². The molecule has 0 spiro atoms. The summed E-state index contributed by atoms with van der Waals surface area (Å²) in [6.07, 6.45) is 3.01. The molecule has 1 aromatic heterocycles. The van der Waals surface area contributed by atoms with Crippen molar-refractivity contribution < 1.29 is 18.3 Å². The first-order chi connectivity index (χ1) is 9.40. The Morgan fingerprint density at radius 3 is 2.40 bits per heavy atom. The molecule has 5 nitrogen and oxygen atoms in total. The Balaban J connectivity index is 2.35. The molecule has 0 amide bonds. The van der Waals surface area contributed by atoms with Gasteiger partial charge in [-0.2, -0.15) is 0 Å². The van der Waals surface area contributed by atoms with Crippen LogP contribution >= 0.6 is 11.6 Å². The van der Waals surface area contributed by atoms with E-state index in [2.05, 4.69) is 4.98 Å². The summed E-state index contributed by atoms with van der Waals surface area (Å²) in [4.78, 5) is 14.6. The second-order valence-corrected chi connectivity index (χ2v) is 6.46. The first kappa shape index (κ1) is 14.5. The molecule has 0 atom stereocenters. The molecule has 1 heterocycles. The largest absolute Gasteiger partial charge is 0.478 e. The van der Waals surface area contributed by atoms with Gasteiger partial charge in [0, 0.05) is 12.4 Å². The zero-order valence-corrected chi connectivity index (χ0v) is 11.7. The van der Waals surface area contributed by atoms with Crippen LogP contribution in [-0.4, -0.2) is 24.5 Å². The van der Waals surface area contributed by atoms with Gasteiger partial charge in [0.2, 0.25) is 0 Å². The standard InChI is InChI=1S/C13H10ClNO4S/c14-12-7-10(1-2-11(12)13(16)17)20(18,19)8-9-3-5-15-6-4-9/h1-7H,8H2,(H,16,17). The Kier molecular flexibility index (Phi) is 4.06. The number of pyridine rings is 1. The molecule has 2 aromatic rings. The van der Waals surface area contributed by atoms with Crippen molar-refractivity contribution in [1.82, 2.24) is 4.98 Å². The molecule has 7 heteroatoms. The average molecular weight is 312 g/mol. The number of nitrogens with zero attached hydrogens (tertiary/aromatic N) is 1. The molecule has 0 bridgehead atoms. The summed E-state index contributed by atoms with van der Waals surface area (Å²) in [6.45, 7) is 0. The van der Waals surface area contributed by atoms with Crippen molar-refractivity contribution in [2.75, 3.05) is 0 Å². The third-order valence-electron chi connectivity index (χ3n) is 2.64. The Hall–Kier alpha value is -1.92. The summed E-state index contributed by atoms with van der Waals surface area (Å²) in [5.74, 6) is -1.40. The molecule has 0 fully saturated rings.